The van der Waals surface area contributed by atoms with Crippen LogP contribution in [0.3, 0.4) is 0 Å². The van der Waals surface area contributed by atoms with E-state index in [4.69, 9.17) is 4.74 Å². The van der Waals surface area contributed by atoms with Crippen LogP contribution in [0.1, 0.15) is 10.4 Å². The molecule has 0 N–H and O–H groups in total. The van der Waals surface area contributed by atoms with Gasteiger partial charge in [0, 0.05) is 36.6 Å². The number of hydrogen-bond donors (Lipinski definition) is 1. The van der Waals surface area contributed by atoms with Crippen LogP contribution in [-0.4, -0.2) is 56.0 Å². The number of likely N-dealkylation sites (N-methyl/N-ethyl adjacent to an activating group) is 1. The van der Waals surface area contributed by atoms with Crippen LogP contribution in [0.25, 0.3) is 0 Å². The number of carbonyl (C=O) groups excluding carboxylic acids is 1. The smallest absolute Gasteiger partial charge is 0.254 e. The highest BCUT2D eigenvalue weighted by atomic mass is 32.1. The van der Waals surface area contributed by atoms with Crippen molar-refractivity contribution >= 4 is 18.5 Å². The first-order valence-corrected chi connectivity index (χ1v) is 6.41. The summed E-state index contributed by atoms with van der Waals surface area (Å²) in [5, 5.41) is 0. The van der Waals surface area contributed by atoms with Crippen molar-refractivity contribution in [2.24, 2.45) is 0 Å². The molecule has 0 atom stereocenters. The van der Waals surface area contributed by atoms with Crippen LogP contribution in [0.5, 0.6) is 5.75 Å². The topological polar surface area (TPSA) is 32.8 Å². The maximum Gasteiger partial charge on any atom is 0.254 e. The van der Waals surface area contributed by atoms with Gasteiger partial charge in [-0.25, -0.2) is 0 Å². The number of carbonyl (C=O) groups is 1. The summed E-state index contributed by atoms with van der Waals surface area (Å²) in [5.41, 5.74) is 0.661. The Morgan fingerprint density at radius 2 is 1.94 bits per heavy atom. The number of thiol groups is 1. The van der Waals surface area contributed by atoms with Gasteiger partial charge in [-0.2, -0.15) is 0 Å². The van der Waals surface area contributed by atoms with Crippen LogP contribution in [0.15, 0.2) is 23.1 Å². The monoisotopic (exact) mass is 266 g/mol. The molecule has 0 bridgehead atoms. The van der Waals surface area contributed by atoms with Crippen molar-refractivity contribution in [3.63, 3.8) is 0 Å². The minimum atomic E-state index is 0.0646. The summed E-state index contributed by atoms with van der Waals surface area (Å²) < 4.78 is 5.18. The second kappa shape index (κ2) is 5.63. The standard InChI is InChI=1S/C13H18N2O2S/c1-14-5-7-15(8-6-14)13(16)10-3-4-12(18)11(9-10)17-2/h3-4,9,18H,5-8H2,1-2H3. The maximum atomic E-state index is 12.3. The molecule has 5 heteroatoms. The van der Waals surface area contributed by atoms with Crippen molar-refractivity contribution in [2.75, 3.05) is 40.3 Å². The quantitative estimate of drug-likeness (QED) is 0.821. The summed E-state index contributed by atoms with van der Waals surface area (Å²) in [4.78, 5) is 17.2. The Kier molecular flexibility index (Phi) is 4.14. The number of benzene rings is 1. The molecular formula is C13H18N2O2S. The third-order valence-electron chi connectivity index (χ3n) is 3.22. The molecule has 1 amide bonds. The molecule has 0 unspecified atom stereocenters. The first-order valence-electron chi connectivity index (χ1n) is 5.96. The Bertz CT molecular complexity index is 443. The number of methoxy groups -OCH3 is 1. The summed E-state index contributed by atoms with van der Waals surface area (Å²) >= 11 is 4.28. The average molecular weight is 266 g/mol. The molecular weight excluding hydrogens is 248 g/mol. The Morgan fingerprint density at radius 1 is 1.28 bits per heavy atom. The summed E-state index contributed by atoms with van der Waals surface area (Å²) in [6.07, 6.45) is 0. The van der Waals surface area contributed by atoms with Crippen LogP contribution in [0.2, 0.25) is 0 Å². The number of nitrogens with zero attached hydrogens (tertiary/aromatic N) is 2. The molecule has 1 heterocycles. The van der Waals surface area contributed by atoms with E-state index >= 15 is 0 Å². The molecule has 1 saturated heterocycles. The molecule has 98 valence electrons. The molecule has 0 radical (unpaired) electrons. The van der Waals surface area contributed by atoms with Crippen LogP contribution >= 0.6 is 12.6 Å². The predicted molar refractivity (Wildman–Crippen MR) is 73.6 cm³/mol. The van der Waals surface area contributed by atoms with Crippen molar-refractivity contribution in [1.82, 2.24) is 9.80 Å². The van der Waals surface area contributed by atoms with E-state index in [9.17, 15) is 4.79 Å². The number of ether oxygens (including phenoxy) is 1. The highest BCUT2D eigenvalue weighted by Crippen LogP contribution is 2.24. The van der Waals surface area contributed by atoms with Gasteiger partial charge in [-0.15, -0.1) is 12.6 Å². The van der Waals surface area contributed by atoms with E-state index in [1.54, 1.807) is 25.3 Å². The molecule has 1 aromatic carbocycles. The van der Waals surface area contributed by atoms with E-state index < -0.39 is 0 Å². The largest absolute Gasteiger partial charge is 0.496 e. The fourth-order valence-corrected chi connectivity index (χ4v) is 2.23. The van der Waals surface area contributed by atoms with E-state index in [2.05, 4.69) is 24.6 Å². The van der Waals surface area contributed by atoms with Gasteiger partial charge in [0.2, 0.25) is 0 Å². The van der Waals surface area contributed by atoms with Gasteiger partial charge in [-0.1, -0.05) is 0 Å². The molecule has 0 spiro atoms. The molecule has 0 aromatic heterocycles. The summed E-state index contributed by atoms with van der Waals surface area (Å²) in [5.74, 6) is 0.702. The summed E-state index contributed by atoms with van der Waals surface area (Å²) in [6.45, 7) is 3.40. The number of piperazine rings is 1. The lowest BCUT2D eigenvalue weighted by atomic mass is 10.1. The van der Waals surface area contributed by atoms with Gasteiger partial charge in [0.1, 0.15) is 5.75 Å². The van der Waals surface area contributed by atoms with Gasteiger partial charge in [-0.3, -0.25) is 4.79 Å². The molecule has 1 aliphatic heterocycles. The Balaban J connectivity index is 2.13. The normalized spacial score (nSPS) is 16.7. The van der Waals surface area contributed by atoms with Crippen molar-refractivity contribution in [2.45, 2.75) is 4.90 Å². The van der Waals surface area contributed by atoms with Crippen molar-refractivity contribution in [3.05, 3.63) is 23.8 Å². The van der Waals surface area contributed by atoms with Gasteiger partial charge >= 0.3 is 0 Å². The van der Waals surface area contributed by atoms with E-state index in [1.165, 1.54) is 0 Å². The Hall–Kier alpha value is -1.20. The van der Waals surface area contributed by atoms with Crippen molar-refractivity contribution in [3.8, 4) is 5.75 Å². The zero-order valence-corrected chi connectivity index (χ0v) is 11.6. The van der Waals surface area contributed by atoms with Crippen LogP contribution in [0, 0.1) is 0 Å². The SMILES string of the molecule is COc1cc(C(=O)N2CCN(C)CC2)ccc1S. The first-order chi connectivity index (χ1) is 8.61. The maximum absolute atomic E-state index is 12.3. The highest BCUT2D eigenvalue weighted by Gasteiger charge is 2.20. The van der Waals surface area contributed by atoms with Crippen molar-refractivity contribution < 1.29 is 9.53 Å². The molecule has 0 aliphatic carbocycles. The van der Waals surface area contributed by atoms with E-state index in [0.29, 0.717) is 11.3 Å². The lowest BCUT2D eigenvalue weighted by Gasteiger charge is -2.32. The zero-order chi connectivity index (χ0) is 13.1. The third kappa shape index (κ3) is 2.79. The second-order valence-corrected chi connectivity index (χ2v) is 4.96. The second-order valence-electron chi connectivity index (χ2n) is 4.48. The summed E-state index contributed by atoms with van der Waals surface area (Å²) in [6, 6.07) is 5.35. The number of hydrogen-bond acceptors (Lipinski definition) is 4. The first kappa shape index (κ1) is 13.2. The fourth-order valence-electron chi connectivity index (χ4n) is 2.00. The van der Waals surface area contributed by atoms with E-state index in [1.807, 2.05) is 4.90 Å². The molecule has 1 aromatic rings. The minimum Gasteiger partial charge on any atom is -0.496 e. The molecule has 4 nitrogen and oxygen atoms in total. The van der Waals surface area contributed by atoms with E-state index in [0.717, 1.165) is 31.1 Å². The zero-order valence-electron chi connectivity index (χ0n) is 10.7. The highest BCUT2D eigenvalue weighted by molar-refractivity contribution is 7.80. The van der Waals surface area contributed by atoms with Gasteiger partial charge in [0.15, 0.2) is 0 Å². The Labute approximate surface area is 113 Å². The molecule has 1 aliphatic rings. The molecule has 2 rings (SSSR count). The number of rotatable bonds is 2. The average Bonchev–Trinajstić information content (AvgIpc) is 2.39. The van der Waals surface area contributed by atoms with Crippen LogP contribution in [-0.2, 0) is 0 Å². The predicted octanol–water partition coefficient (Wildman–Crippen LogP) is 1.37. The lowest BCUT2D eigenvalue weighted by molar-refractivity contribution is 0.0663. The van der Waals surface area contributed by atoms with Gasteiger partial charge in [0.05, 0.1) is 7.11 Å². The lowest BCUT2D eigenvalue weighted by Crippen LogP contribution is -2.47. The number of amides is 1. The van der Waals surface area contributed by atoms with Gasteiger partial charge in [0.25, 0.3) is 5.91 Å². The summed E-state index contributed by atoms with van der Waals surface area (Å²) in [7, 11) is 3.65. The molecule has 1 fully saturated rings. The minimum absolute atomic E-state index is 0.0646. The fraction of sp³-hybridized carbons (Fsp3) is 0.462. The van der Waals surface area contributed by atoms with Crippen molar-refractivity contribution in [1.29, 1.82) is 0 Å². The third-order valence-corrected chi connectivity index (χ3v) is 3.59. The van der Waals surface area contributed by atoms with Crippen LogP contribution in [0.4, 0.5) is 0 Å². The van der Waals surface area contributed by atoms with E-state index in [-0.39, 0.29) is 5.91 Å². The molecule has 0 saturated carbocycles. The van der Waals surface area contributed by atoms with Crippen LogP contribution < -0.4 is 4.74 Å². The van der Waals surface area contributed by atoms with Gasteiger partial charge < -0.3 is 14.5 Å². The Morgan fingerprint density at radius 3 is 2.56 bits per heavy atom. The van der Waals surface area contributed by atoms with Gasteiger partial charge in [-0.05, 0) is 25.2 Å². The molecule has 18 heavy (non-hydrogen) atoms.